The van der Waals surface area contributed by atoms with Gasteiger partial charge in [0.15, 0.2) is 0 Å². The fourth-order valence-electron chi connectivity index (χ4n) is 2.04. The van der Waals surface area contributed by atoms with Crippen LogP contribution < -0.4 is 5.32 Å². The summed E-state index contributed by atoms with van der Waals surface area (Å²) in [5.41, 5.74) is 2.09. The van der Waals surface area contributed by atoms with E-state index in [-0.39, 0.29) is 11.9 Å². The third-order valence-electron chi connectivity index (χ3n) is 3.07. The minimum Gasteiger partial charge on any atom is -0.313 e. The highest BCUT2D eigenvalue weighted by atomic mass is 79.9. The average molecular weight is 343 g/mol. The fourth-order valence-corrected chi connectivity index (χ4v) is 2.88. The molecular formula is C15H14BrClFN. The molecule has 0 spiro atoms. The number of halogens is 3. The summed E-state index contributed by atoms with van der Waals surface area (Å²) in [6.45, 7) is 0. The molecule has 0 heterocycles. The molecule has 1 N–H and O–H groups in total. The van der Waals surface area contributed by atoms with Crippen LogP contribution in [0.4, 0.5) is 4.39 Å². The molecule has 0 aromatic heterocycles. The Morgan fingerprint density at radius 3 is 2.63 bits per heavy atom. The monoisotopic (exact) mass is 341 g/mol. The number of nitrogens with one attached hydrogen (secondary N) is 1. The van der Waals surface area contributed by atoms with Crippen LogP contribution in [-0.2, 0) is 6.42 Å². The first-order valence-corrected chi connectivity index (χ1v) is 7.14. The normalized spacial score (nSPS) is 12.4. The maximum Gasteiger partial charge on any atom is 0.124 e. The first kappa shape index (κ1) is 14.5. The molecule has 0 amide bonds. The Labute approximate surface area is 125 Å². The quantitative estimate of drug-likeness (QED) is 0.846. The summed E-state index contributed by atoms with van der Waals surface area (Å²) in [4.78, 5) is 0. The zero-order valence-electron chi connectivity index (χ0n) is 10.5. The van der Waals surface area contributed by atoms with Gasteiger partial charge in [-0.2, -0.15) is 0 Å². The summed E-state index contributed by atoms with van der Waals surface area (Å²) in [5, 5.41) is 3.99. The topological polar surface area (TPSA) is 12.0 Å². The van der Waals surface area contributed by atoms with Gasteiger partial charge in [0.1, 0.15) is 5.82 Å². The lowest BCUT2D eigenvalue weighted by Crippen LogP contribution is -2.19. The number of hydrogen-bond acceptors (Lipinski definition) is 1. The summed E-state index contributed by atoms with van der Waals surface area (Å²) in [5.74, 6) is -0.247. The van der Waals surface area contributed by atoms with E-state index in [0.29, 0.717) is 0 Å². The average Bonchev–Trinajstić information content (AvgIpc) is 2.39. The van der Waals surface area contributed by atoms with E-state index in [1.807, 2.05) is 31.3 Å². The molecule has 19 heavy (non-hydrogen) atoms. The van der Waals surface area contributed by atoms with Gasteiger partial charge in [0, 0.05) is 15.5 Å². The van der Waals surface area contributed by atoms with Crippen molar-refractivity contribution in [2.45, 2.75) is 12.5 Å². The second kappa shape index (κ2) is 6.51. The molecule has 1 unspecified atom stereocenters. The van der Waals surface area contributed by atoms with Crippen molar-refractivity contribution in [3.8, 4) is 0 Å². The largest absolute Gasteiger partial charge is 0.313 e. The van der Waals surface area contributed by atoms with Gasteiger partial charge in [-0.1, -0.05) is 51.8 Å². The van der Waals surface area contributed by atoms with E-state index in [1.54, 1.807) is 6.07 Å². The van der Waals surface area contributed by atoms with Gasteiger partial charge in [-0.25, -0.2) is 4.39 Å². The highest BCUT2D eigenvalue weighted by Gasteiger charge is 2.15. The van der Waals surface area contributed by atoms with Gasteiger partial charge in [-0.3, -0.25) is 0 Å². The third-order valence-corrected chi connectivity index (χ3v) is 4.12. The van der Waals surface area contributed by atoms with Crippen LogP contribution >= 0.6 is 27.5 Å². The molecule has 0 saturated heterocycles. The highest BCUT2D eigenvalue weighted by Crippen LogP contribution is 2.28. The van der Waals surface area contributed by atoms with Gasteiger partial charge in [0.2, 0.25) is 0 Å². The van der Waals surface area contributed by atoms with Crippen LogP contribution in [0.5, 0.6) is 0 Å². The smallest absolute Gasteiger partial charge is 0.124 e. The van der Waals surface area contributed by atoms with Gasteiger partial charge in [0.25, 0.3) is 0 Å². The molecule has 2 aromatic rings. The van der Waals surface area contributed by atoms with Gasteiger partial charge in [-0.05, 0) is 42.8 Å². The summed E-state index contributed by atoms with van der Waals surface area (Å²) >= 11 is 9.59. The molecule has 0 aliphatic heterocycles. The summed E-state index contributed by atoms with van der Waals surface area (Å²) in [7, 11) is 1.89. The van der Waals surface area contributed by atoms with Crippen LogP contribution in [0.3, 0.4) is 0 Å². The lowest BCUT2D eigenvalue weighted by molar-refractivity contribution is 0.583. The molecule has 1 atom stereocenters. The first-order valence-electron chi connectivity index (χ1n) is 5.97. The Balaban J connectivity index is 2.28. The lowest BCUT2D eigenvalue weighted by Gasteiger charge is -2.19. The Morgan fingerprint density at radius 1 is 1.26 bits per heavy atom. The number of likely N-dealkylation sites (N-methyl/N-ethyl adjacent to an activating group) is 1. The second-order valence-electron chi connectivity index (χ2n) is 4.30. The Morgan fingerprint density at radius 2 is 2.00 bits per heavy atom. The van der Waals surface area contributed by atoms with Crippen molar-refractivity contribution in [2.24, 2.45) is 0 Å². The summed E-state index contributed by atoms with van der Waals surface area (Å²) in [6.07, 6.45) is 0.750. The molecule has 0 radical (unpaired) electrons. The Hall–Kier alpha value is -0.900. The predicted molar refractivity (Wildman–Crippen MR) is 81.1 cm³/mol. The van der Waals surface area contributed by atoms with Crippen LogP contribution in [0.1, 0.15) is 17.2 Å². The molecule has 0 aliphatic rings. The van der Waals surface area contributed by atoms with Crippen LogP contribution in [0.25, 0.3) is 0 Å². The van der Waals surface area contributed by atoms with E-state index in [4.69, 9.17) is 11.6 Å². The Bertz CT molecular complexity index is 574. The van der Waals surface area contributed by atoms with Crippen molar-refractivity contribution >= 4 is 27.5 Å². The summed E-state index contributed by atoms with van der Waals surface area (Å²) < 4.78 is 13.9. The summed E-state index contributed by atoms with van der Waals surface area (Å²) in [6, 6.07) is 12.6. The van der Waals surface area contributed by atoms with E-state index in [0.717, 1.165) is 27.0 Å². The Kier molecular flexibility index (Phi) is 4.97. The van der Waals surface area contributed by atoms with Crippen LogP contribution in [0, 0.1) is 5.82 Å². The number of rotatable bonds is 4. The van der Waals surface area contributed by atoms with Crippen molar-refractivity contribution in [2.75, 3.05) is 7.05 Å². The van der Waals surface area contributed by atoms with Gasteiger partial charge in [0.05, 0.1) is 0 Å². The standard InChI is InChI=1S/C15H14BrClFN/c1-19-15(8-10-4-2-3-5-14(10)17)12-7-6-11(18)9-13(12)16/h2-7,9,15,19H,8H2,1H3. The van der Waals surface area contributed by atoms with Crippen molar-refractivity contribution in [3.63, 3.8) is 0 Å². The van der Waals surface area contributed by atoms with E-state index in [9.17, 15) is 4.39 Å². The van der Waals surface area contributed by atoms with E-state index in [2.05, 4.69) is 21.2 Å². The molecule has 1 nitrogen and oxygen atoms in total. The van der Waals surface area contributed by atoms with E-state index < -0.39 is 0 Å². The molecule has 0 aliphatic carbocycles. The fraction of sp³-hybridized carbons (Fsp3) is 0.200. The van der Waals surface area contributed by atoms with Crippen LogP contribution in [-0.4, -0.2) is 7.05 Å². The molecule has 4 heteroatoms. The zero-order valence-corrected chi connectivity index (χ0v) is 12.8. The van der Waals surface area contributed by atoms with Gasteiger partial charge in [-0.15, -0.1) is 0 Å². The number of hydrogen-bond donors (Lipinski definition) is 1. The molecule has 2 aromatic carbocycles. The van der Waals surface area contributed by atoms with Crippen molar-refractivity contribution in [1.82, 2.24) is 5.32 Å². The van der Waals surface area contributed by atoms with E-state index in [1.165, 1.54) is 12.1 Å². The predicted octanol–water partition coefficient (Wildman–Crippen LogP) is 4.74. The molecule has 0 saturated carbocycles. The van der Waals surface area contributed by atoms with Crippen molar-refractivity contribution < 1.29 is 4.39 Å². The molecule has 0 fully saturated rings. The first-order chi connectivity index (χ1) is 9.11. The SMILES string of the molecule is CNC(Cc1ccccc1Cl)c1ccc(F)cc1Br. The molecule has 100 valence electrons. The molecule has 2 rings (SSSR count). The highest BCUT2D eigenvalue weighted by molar-refractivity contribution is 9.10. The maximum atomic E-state index is 13.1. The maximum absolute atomic E-state index is 13.1. The van der Waals surface area contributed by atoms with Crippen LogP contribution in [0.15, 0.2) is 46.9 Å². The van der Waals surface area contributed by atoms with Gasteiger partial charge < -0.3 is 5.32 Å². The number of benzene rings is 2. The third kappa shape index (κ3) is 3.56. The second-order valence-corrected chi connectivity index (χ2v) is 5.56. The molecule has 0 bridgehead atoms. The van der Waals surface area contributed by atoms with Crippen molar-refractivity contribution in [1.29, 1.82) is 0 Å². The zero-order chi connectivity index (χ0) is 13.8. The van der Waals surface area contributed by atoms with Crippen molar-refractivity contribution in [3.05, 3.63) is 68.9 Å². The minimum absolute atomic E-state index is 0.0786. The molecular weight excluding hydrogens is 329 g/mol. The van der Waals surface area contributed by atoms with Crippen LogP contribution in [0.2, 0.25) is 5.02 Å². The lowest BCUT2D eigenvalue weighted by atomic mass is 9.99. The minimum atomic E-state index is -0.247. The van der Waals surface area contributed by atoms with Gasteiger partial charge >= 0.3 is 0 Å². The van der Waals surface area contributed by atoms with E-state index >= 15 is 0 Å².